The number of hydrogen-bond donors (Lipinski definition) is 2. The fourth-order valence-corrected chi connectivity index (χ4v) is 4.47. The van der Waals surface area contributed by atoms with Gasteiger partial charge in [-0.15, -0.1) is 0 Å². The van der Waals surface area contributed by atoms with Crippen LogP contribution in [0.25, 0.3) is 22.5 Å². The number of rotatable bonds is 8. The summed E-state index contributed by atoms with van der Waals surface area (Å²) < 4.78 is 21.5. The molecule has 0 amide bonds. The molecule has 0 atom stereocenters. The van der Waals surface area contributed by atoms with Crippen molar-refractivity contribution >= 4 is 11.8 Å². The van der Waals surface area contributed by atoms with Gasteiger partial charge in [-0.3, -0.25) is 9.59 Å². The summed E-state index contributed by atoms with van der Waals surface area (Å²) in [6.45, 7) is 1.21. The summed E-state index contributed by atoms with van der Waals surface area (Å²) in [5.74, 6) is -0.840. The lowest BCUT2D eigenvalue weighted by molar-refractivity contribution is -0.137. The molecule has 0 aliphatic carbocycles. The Morgan fingerprint density at radius 3 is 2.49 bits per heavy atom. The molecule has 1 aliphatic rings. The predicted octanol–water partition coefficient (Wildman–Crippen LogP) is 3.39. The molecule has 37 heavy (non-hydrogen) atoms. The van der Waals surface area contributed by atoms with Gasteiger partial charge >= 0.3 is 5.97 Å². The molecule has 1 saturated heterocycles. The second kappa shape index (κ2) is 11.2. The number of nitriles is 1. The summed E-state index contributed by atoms with van der Waals surface area (Å²) >= 11 is 0. The van der Waals surface area contributed by atoms with Crippen LogP contribution in [0.3, 0.4) is 0 Å². The van der Waals surface area contributed by atoms with E-state index in [4.69, 9.17) is 15.5 Å². The van der Waals surface area contributed by atoms with E-state index in [1.807, 2.05) is 11.0 Å². The molecule has 0 saturated carbocycles. The molecule has 3 N–H and O–H groups in total. The van der Waals surface area contributed by atoms with Crippen molar-refractivity contribution in [2.75, 3.05) is 25.1 Å². The number of hydrogen-bond acceptors (Lipinski definition) is 7. The molecular formula is C27H28FN5O4. The number of aromatic nitrogens is 2. The number of carbonyl (C=O) groups is 1. The van der Waals surface area contributed by atoms with E-state index in [1.165, 1.54) is 16.7 Å². The molecule has 0 unspecified atom stereocenters. The van der Waals surface area contributed by atoms with Crippen LogP contribution in [0.15, 0.2) is 47.3 Å². The van der Waals surface area contributed by atoms with Crippen molar-refractivity contribution in [3.63, 3.8) is 0 Å². The lowest BCUT2D eigenvalue weighted by Crippen LogP contribution is -2.43. The van der Waals surface area contributed by atoms with Crippen LogP contribution in [0.5, 0.6) is 5.75 Å². The quantitative estimate of drug-likeness (QED) is 0.476. The summed E-state index contributed by atoms with van der Waals surface area (Å²) in [7, 11) is 1.54. The van der Waals surface area contributed by atoms with E-state index in [0.29, 0.717) is 54.2 Å². The average molecular weight is 506 g/mol. The van der Waals surface area contributed by atoms with E-state index < -0.39 is 11.8 Å². The smallest absolute Gasteiger partial charge is 0.303 e. The minimum atomic E-state index is -0.965. The Bertz CT molecular complexity index is 1390. The van der Waals surface area contributed by atoms with Crippen LogP contribution in [0.1, 0.15) is 31.2 Å². The minimum Gasteiger partial charge on any atom is -0.497 e. The molecule has 0 radical (unpaired) electrons. The average Bonchev–Trinajstić information content (AvgIpc) is 2.90. The number of methoxy groups -OCH3 is 1. The third kappa shape index (κ3) is 5.62. The standard InChI is InChI=1S/C27H28FN5O4/c1-37-21-8-6-17(7-9-21)25-24(18-4-5-19(16-29)22(28)15-18)31-26(32-13-10-20(30)11-14-32)27(36)33(25)12-2-3-23(34)35/h4-9,15,20H,2-3,10-14,30H2,1H3,(H,34,35). The van der Waals surface area contributed by atoms with E-state index in [1.54, 1.807) is 37.4 Å². The molecule has 2 aromatic carbocycles. The highest BCUT2D eigenvalue weighted by molar-refractivity contribution is 5.80. The predicted molar refractivity (Wildman–Crippen MR) is 137 cm³/mol. The molecule has 2 heterocycles. The number of nitrogens with two attached hydrogens (primary N) is 1. The van der Waals surface area contributed by atoms with Crippen molar-refractivity contribution in [1.82, 2.24) is 9.55 Å². The molecule has 1 fully saturated rings. The largest absolute Gasteiger partial charge is 0.497 e. The van der Waals surface area contributed by atoms with Gasteiger partial charge in [-0.05, 0) is 55.7 Å². The monoisotopic (exact) mass is 505 g/mol. The van der Waals surface area contributed by atoms with Crippen molar-refractivity contribution in [3.8, 4) is 34.3 Å². The zero-order valence-corrected chi connectivity index (χ0v) is 20.5. The lowest BCUT2D eigenvalue weighted by atomic mass is 10.0. The molecule has 0 spiro atoms. The molecule has 9 nitrogen and oxygen atoms in total. The van der Waals surface area contributed by atoms with E-state index in [0.717, 1.165) is 0 Å². The molecule has 1 aliphatic heterocycles. The van der Waals surface area contributed by atoms with E-state index in [2.05, 4.69) is 0 Å². The van der Waals surface area contributed by atoms with E-state index in [9.17, 15) is 24.3 Å². The van der Waals surface area contributed by atoms with Gasteiger partial charge in [0, 0.05) is 43.2 Å². The number of carboxylic acids is 1. The Morgan fingerprint density at radius 1 is 1.22 bits per heavy atom. The first kappa shape index (κ1) is 25.9. The number of anilines is 1. The Morgan fingerprint density at radius 2 is 1.89 bits per heavy atom. The highest BCUT2D eigenvalue weighted by Gasteiger charge is 2.26. The third-order valence-electron chi connectivity index (χ3n) is 6.49. The maximum Gasteiger partial charge on any atom is 0.303 e. The van der Waals surface area contributed by atoms with Crippen molar-refractivity contribution in [1.29, 1.82) is 5.26 Å². The molecule has 0 bridgehead atoms. The molecule has 192 valence electrons. The maximum absolute atomic E-state index is 14.7. The number of halogens is 1. The van der Waals surface area contributed by atoms with Gasteiger partial charge in [-0.1, -0.05) is 6.07 Å². The fourth-order valence-electron chi connectivity index (χ4n) is 4.47. The Hall–Kier alpha value is -4.23. The van der Waals surface area contributed by atoms with Gasteiger partial charge in [0.25, 0.3) is 5.56 Å². The van der Waals surface area contributed by atoms with E-state index >= 15 is 0 Å². The van der Waals surface area contributed by atoms with Crippen molar-refractivity contribution in [3.05, 3.63) is 64.2 Å². The van der Waals surface area contributed by atoms with Crippen LogP contribution >= 0.6 is 0 Å². The van der Waals surface area contributed by atoms with Gasteiger partial charge in [0.2, 0.25) is 0 Å². The van der Waals surface area contributed by atoms with Gasteiger partial charge in [0.1, 0.15) is 17.6 Å². The van der Waals surface area contributed by atoms with Crippen molar-refractivity contribution in [2.45, 2.75) is 38.3 Å². The SMILES string of the molecule is COc1ccc(-c2c(-c3ccc(C#N)c(F)c3)nc(N3CCC(N)CC3)c(=O)n2CCCC(=O)O)cc1. The first-order chi connectivity index (χ1) is 17.8. The number of ether oxygens (including phenoxy) is 1. The van der Waals surface area contributed by atoms with Crippen molar-refractivity contribution in [2.24, 2.45) is 5.73 Å². The molecule has 4 rings (SSSR count). The van der Waals surface area contributed by atoms with Gasteiger partial charge in [0.05, 0.1) is 24.1 Å². The Labute approximate surface area is 213 Å². The lowest BCUT2D eigenvalue weighted by Gasteiger charge is -2.31. The second-order valence-corrected chi connectivity index (χ2v) is 8.95. The first-order valence-corrected chi connectivity index (χ1v) is 12.0. The van der Waals surface area contributed by atoms with Crippen LogP contribution in [0, 0.1) is 17.1 Å². The van der Waals surface area contributed by atoms with Crippen LogP contribution in [-0.2, 0) is 11.3 Å². The third-order valence-corrected chi connectivity index (χ3v) is 6.49. The number of aliphatic carboxylic acids is 1. The summed E-state index contributed by atoms with van der Waals surface area (Å²) in [5, 5.41) is 18.4. The fraction of sp³-hybridized carbons (Fsp3) is 0.333. The minimum absolute atomic E-state index is 0.0414. The molecule has 1 aromatic heterocycles. The van der Waals surface area contributed by atoms with Gasteiger partial charge in [-0.25, -0.2) is 9.37 Å². The highest BCUT2D eigenvalue weighted by Crippen LogP contribution is 2.33. The second-order valence-electron chi connectivity index (χ2n) is 8.95. The summed E-state index contributed by atoms with van der Waals surface area (Å²) in [4.78, 5) is 31.7. The highest BCUT2D eigenvalue weighted by atomic mass is 19.1. The zero-order chi connectivity index (χ0) is 26.5. The van der Waals surface area contributed by atoms with Crippen molar-refractivity contribution < 1.29 is 19.0 Å². The van der Waals surface area contributed by atoms with Crippen LogP contribution in [0.2, 0.25) is 0 Å². The Kier molecular flexibility index (Phi) is 7.84. The zero-order valence-electron chi connectivity index (χ0n) is 20.5. The molecular weight excluding hydrogens is 477 g/mol. The summed E-state index contributed by atoms with van der Waals surface area (Å²) in [6, 6.07) is 13.1. The Balaban J connectivity index is 1.97. The number of piperidine rings is 1. The van der Waals surface area contributed by atoms with Crippen LogP contribution in [-0.4, -0.2) is 46.9 Å². The summed E-state index contributed by atoms with van der Waals surface area (Å²) in [6.07, 6.45) is 1.49. The van der Waals surface area contributed by atoms with Gasteiger partial charge in [0.15, 0.2) is 5.82 Å². The van der Waals surface area contributed by atoms with Gasteiger partial charge in [-0.2, -0.15) is 5.26 Å². The number of benzene rings is 2. The summed E-state index contributed by atoms with van der Waals surface area (Å²) in [5.41, 5.74) is 7.41. The van der Waals surface area contributed by atoms with Gasteiger partial charge < -0.3 is 25.0 Å². The van der Waals surface area contributed by atoms with Crippen LogP contribution in [0.4, 0.5) is 10.2 Å². The normalized spacial score (nSPS) is 13.8. The van der Waals surface area contributed by atoms with E-state index in [-0.39, 0.29) is 42.4 Å². The molecule has 10 heteroatoms. The topological polar surface area (TPSA) is 134 Å². The number of nitrogens with zero attached hydrogens (tertiary/aromatic N) is 4. The molecule has 3 aromatic rings. The number of carboxylic acid groups (broad SMARTS) is 1. The first-order valence-electron chi connectivity index (χ1n) is 12.0. The van der Waals surface area contributed by atoms with Crippen LogP contribution < -0.4 is 20.9 Å². The maximum atomic E-state index is 14.7.